The van der Waals surface area contributed by atoms with E-state index in [0.717, 1.165) is 5.56 Å². The fourth-order valence-electron chi connectivity index (χ4n) is 1.17. The molecule has 0 radical (unpaired) electrons. The van der Waals surface area contributed by atoms with Gasteiger partial charge < -0.3 is 11.5 Å². The van der Waals surface area contributed by atoms with Gasteiger partial charge in [0.1, 0.15) is 9.84 Å². The van der Waals surface area contributed by atoms with Gasteiger partial charge in [-0.3, -0.25) is 0 Å². The van der Waals surface area contributed by atoms with E-state index in [4.69, 9.17) is 11.5 Å². The molecule has 4 N–H and O–H groups in total. The number of hydrogen-bond donors (Lipinski definition) is 2. The quantitative estimate of drug-likeness (QED) is 0.709. The minimum absolute atomic E-state index is 0.0447. The second-order valence-electron chi connectivity index (χ2n) is 3.37. The predicted molar refractivity (Wildman–Crippen MR) is 57.5 cm³/mol. The van der Waals surface area contributed by atoms with Gasteiger partial charge in [0.05, 0.1) is 5.75 Å². The molecule has 0 aliphatic carbocycles. The van der Waals surface area contributed by atoms with Gasteiger partial charge in [-0.2, -0.15) is 0 Å². The standard InChI is InChI=1S/C9H14N2O2S/c1-14(12,13)6-9(11)7-2-4-8(10)5-3-7/h2-5,9H,6,10-11H2,1H3/t9-/m1/s1. The minimum Gasteiger partial charge on any atom is -0.399 e. The van der Waals surface area contributed by atoms with E-state index in [1.807, 2.05) is 0 Å². The van der Waals surface area contributed by atoms with Crippen LogP contribution in [0.1, 0.15) is 11.6 Å². The van der Waals surface area contributed by atoms with Crippen LogP contribution in [-0.2, 0) is 9.84 Å². The Kier molecular flexibility index (Phi) is 3.13. The molecule has 0 bridgehead atoms. The fourth-order valence-corrected chi connectivity index (χ4v) is 2.01. The molecule has 14 heavy (non-hydrogen) atoms. The lowest BCUT2D eigenvalue weighted by Crippen LogP contribution is -2.20. The summed E-state index contributed by atoms with van der Waals surface area (Å²) in [4.78, 5) is 0. The summed E-state index contributed by atoms with van der Waals surface area (Å²) in [6.45, 7) is 0. The highest BCUT2D eigenvalue weighted by molar-refractivity contribution is 7.90. The first kappa shape index (κ1) is 11.0. The Hall–Kier alpha value is -1.07. The molecule has 1 aromatic rings. The molecule has 78 valence electrons. The molecule has 1 atom stereocenters. The van der Waals surface area contributed by atoms with Crippen molar-refractivity contribution in [2.75, 3.05) is 17.7 Å². The highest BCUT2D eigenvalue weighted by Gasteiger charge is 2.12. The molecule has 0 unspecified atom stereocenters. The second-order valence-corrected chi connectivity index (χ2v) is 5.55. The van der Waals surface area contributed by atoms with Crippen molar-refractivity contribution in [3.8, 4) is 0 Å². The molecule has 0 fully saturated rings. The maximum atomic E-state index is 11.0. The molecule has 0 spiro atoms. The van der Waals surface area contributed by atoms with Crippen LogP contribution in [0.5, 0.6) is 0 Å². The first-order valence-electron chi connectivity index (χ1n) is 4.17. The van der Waals surface area contributed by atoms with Crippen LogP contribution in [0.15, 0.2) is 24.3 Å². The molecule has 4 nitrogen and oxygen atoms in total. The van der Waals surface area contributed by atoms with E-state index in [1.54, 1.807) is 24.3 Å². The van der Waals surface area contributed by atoms with Crippen molar-refractivity contribution in [2.24, 2.45) is 5.73 Å². The van der Waals surface area contributed by atoms with Gasteiger partial charge in [-0.15, -0.1) is 0 Å². The Bertz CT molecular complexity index is 397. The molecular weight excluding hydrogens is 200 g/mol. The number of nitrogens with two attached hydrogens (primary N) is 2. The summed E-state index contributed by atoms with van der Waals surface area (Å²) in [5.41, 5.74) is 12.6. The van der Waals surface area contributed by atoms with Crippen molar-refractivity contribution >= 4 is 15.5 Å². The van der Waals surface area contributed by atoms with E-state index in [1.165, 1.54) is 6.26 Å². The van der Waals surface area contributed by atoms with Gasteiger partial charge in [0.25, 0.3) is 0 Å². The van der Waals surface area contributed by atoms with Gasteiger partial charge in [0.15, 0.2) is 0 Å². The molecule has 0 aromatic heterocycles. The normalized spacial score (nSPS) is 13.9. The summed E-state index contributed by atoms with van der Waals surface area (Å²) in [5.74, 6) is -0.0447. The van der Waals surface area contributed by atoms with Crippen LogP contribution in [0.2, 0.25) is 0 Å². The fraction of sp³-hybridized carbons (Fsp3) is 0.333. The zero-order valence-electron chi connectivity index (χ0n) is 7.97. The molecule has 0 amide bonds. The van der Waals surface area contributed by atoms with Crippen molar-refractivity contribution in [1.82, 2.24) is 0 Å². The molecule has 0 aliphatic heterocycles. The Morgan fingerprint density at radius 2 is 1.79 bits per heavy atom. The van der Waals surface area contributed by atoms with Crippen molar-refractivity contribution in [3.05, 3.63) is 29.8 Å². The zero-order chi connectivity index (χ0) is 10.8. The lowest BCUT2D eigenvalue weighted by molar-refractivity contribution is 0.595. The summed E-state index contributed by atoms with van der Waals surface area (Å²) >= 11 is 0. The SMILES string of the molecule is CS(=O)(=O)C[C@@H](N)c1ccc(N)cc1. The average Bonchev–Trinajstić information content (AvgIpc) is 2.02. The molecule has 1 rings (SSSR count). The molecule has 1 aromatic carbocycles. The topological polar surface area (TPSA) is 86.2 Å². The average molecular weight is 214 g/mol. The third-order valence-electron chi connectivity index (χ3n) is 1.85. The summed E-state index contributed by atoms with van der Waals surface area (Å²) in [5, 5.41) is 0. The zero-order valence-corrected chi connectivity index (χ0v) is 8.79. The molecule has 0 saturated heterocycles. The van der Waals surface area contributed by atoms with Crippen LogP contribution < -0.4 is 11.5 Å². The predicted octanol–water partition coefficient (Wildman–Crippen LogP) is 0.313. The van der Waals surface area contributed by atoms with Crippen molar-refractivity contribution in [3.63, 3.8) is 0 Å². The Labute approximate surface area is 83.8 Å². The smallest absolute Gasteiger partial charge is 0.149 e. The molecule has 5 heteroatoms. The van der Waals surface area contributed by atoms with Crippen LogP contribution in [-0.4, -0.2) is 20.4 Å². The number of hydrogen-bond acceptors (Lipinski definition) is 4. The molecular formula is C9H14N2O2S. The maximum Gasteiger partial charge on any atom is 0.149 e. The van der Waals surface area contributed by atoms with E-state index in [0.29, 0.717) is 5.69 Å². The first-order chi connectivity index (χ1) is 6.38. The van der Waals surface area contributed by atoms with Crippen LogP contribution in [0, 0.1) is 0 Å². The Morgan fingerprint density at radius 1 is 1.29 bits per heavy atom. The molecule has 0 heterocycles. The van der Waals surface area contributed by atoms with Crippen LogP contribution in [0.3, 0.4) is 0 Å². The van der Waals surface area contributed by atoms with Crippen molar-refractivity contribution < 1.29 is 8.42 Å². The van der Waals surface area contributed by atoms with Crippen molar-refractivity contribution in [1.29, 1.82) is 0 Å². The number of nitrogen functional groups attached to an aromatic ring is 1. The largest absolute Gasteiger partial charge is 0.399 e. The number of rotatable bonds is 3. The third-order valence-corrected chi connectivity index (χ3v) is 2.81. The van der Waals surface area contributed by atoms with Crippen LogP contribution in [0.25, 0.3) is 0 Å². The van der Waals surface area contributed by atoms with Crippen LogP contribution in [0.4, 0.5) is 5.69 Å². The van der Waals surface area contributed by atoms with Gasteiger partial charge in [0, 0.05) is 18.0 Å². The monoisotopic (exact) mass is 214 g/mol. The van der Waals surface area contributed by atoms with Crippen molar-refractivity contribution in [2.45, 2.75) is 6.04 Å². The minimum atomic E-state index is -3.04. The Morgan fingerprint density at radius 3 is 2.21 bits per heavy atom. The van der Waals surface area contributed by atoms with Gasteiger partial charge in [-0.1, -0.05) is 12.1 Å². The van der Waals surface area contributed by atoms with Gasteiger partial charge >= 0.3 is 0 Å². The van der Waals surface area contributed by atoms with E-state index < -0.39 is 15.9 Å². The second kappa shape index (κ2) is 3.98. The Balaban J connectivity index is 2.80. The maximum absolute atomic E-state index is 11.0. The van der Waals surface area contributed by atoms with Crippen LogP contribution >= 0.6 is 0 Å². The first-order valence-corrected chi connectivity index (χ1v) is 6.23. The summed E-state index contributed by atoms with van der Waals surface area (Å²) in [6, 6.07) is 6.41. The number of anilines is 1. The molecule has 0 aliphatic rings. The van der Waals surface area contributed by atoms with Gasteiger partial charge in [-0.25, -0.2) is 8.42 Å². The summed E-state index contributed by atoms with van der Waals surface area (Å²) in [7, 11) is -3.04. The lowest BCUT2D eigenvalue weighted by atomic mass is 10.1. The lowest BCUT2D eigenvalue weighted by Gasteiger charge is -2.10. The highest BCUT2D eigenvalue weighted by atomic mass is 32.2. The number of sulfone groups is 1. The third kappa shape index (κ3) is 3.35. The van der Waals surface area contributed by atoms with Gasteiger partial charge in [-0.05, 0) is 17.7 Å². The summed E-state index contributed by atoms with van der Waals surface area (Å²) < 4.78 is 22.0. The highest BCUT2D eigenvalue weighted by Crippen LogP contribution is 2.13. The number of benzene rings is 1. The van der Waals surface area contributed by atoms with E-state index in [-0.39, 0.29) is 5.75 Å². The summed E-state index contributed by atoms with van der Waals surface area (Å²) in [6.07, 6.45) is 1.17. The van der Waals surface area contributed by atoms with E-state index >= 15 is 0 Å². The van der Waals surface area contributed by atoms with Gasteiger partial charge in [0.2, 0.25) is 0 Å². The molecule has 0 saturated carbocycles. The van der Waals surface area contributed by atoms with E-state index in [2.05, 4.69) is 0 Å². The van der Waals surface area contributed by atoms with E-state index in [9.17, 15) is 8.42 Å².